The second-order valence-corrected chi connectivity index (χ2v) is 12.1. The summed E-state index contributed by atoms with van der Waals surface area (Å²) in [7, 11) is 0. The lowest BCUT2D eigenvalue weighted by Crippen LogP contribution is -2.17. The molecule has 0 saturated carbocycles. The third-order valence-corrected chi connectivity index (χ3v) is 9.19. The van der Waals surface area contributed by atoms with Gasteiger partial charge in [0.2, 0.25) is 5.95 Å². The Bertz CT molecular complexity index is 2350. The van der Waals surface area contributed by atoms with Crippen molar-refractivity contribution in [1.82, 2.24) is 19.5 Å². The topological polar surface area (TPSA) is 43.6 Å². The van der Waals surface area contributed by atoms with E-state index in [0.717, 1.165) is 22.2 Å². The van der Waals surface area contributed by atoms with Crippen LogP contribution in [0.15, 0.2) is 133 Å². The molecule has 0 atom stereocenters. The van der Waals surface area contributed by atoms with Gasteiger partial charge in [0.1, 0.15) is 0 Å². The molecular formula is C40H28N4. The Morgan fingerprint density at radius 1 is 0.477 bits per heavy atom. The minimum atomic E-state index is -0.255. The van der Waals surface area contributed by atoms with Crippen molar-refractivity contribution in [2.45, 2.75) is 19.3 Å². The molecule has 0 aliphatic heterocycles. The van der Waals surface area contributed by atoms with Gasteiger partial charge in [0.25, 0.3) is 0 Å². The molecule has 0 unspecified atom stereocenters. The van der Waals surface area contributed by atoms with E-state index in [1.165, 1.54) is 43.8 Å². The highest BCUT2D eigenvalue weighted by molar-refractivity contribution is 6.13. The van der Waals surface area contributed by atoms with Crippen molar-refractivity contribution in [3.63, 3.8) is 0 Å². The van der Waals surface area contributed by atoms with E-state index in [0.29, 0.717) is 17.6 Å². The number of aromatic nitrogens is 4. The fourth-order valence-corrected chi connectivity index (χ4v) is 7.31. The van der Waals surface area contributed by atoms with E-state index in [4.69, 9.17) is 15.0 Å². The minimum Gasteiger partial charge on any atom is -0.277 e. The summed E-state index contributed by atoms with van der Waals surface area (Å²) in [6, 6.07) is 46.9. The third-order valence-electron chi connectivity index (χ3n) is 9.19. The van der Waals surface area contributed by atoms with Crippen molar-refractivity contribution in [3.05, 3.63) is 145 Å². The van der Waals surface area contributed by atoms with Crippen molar-refractivity contribution in [3.8, 4) is 39.9 Å². The summed E-state index contributed by atoms with van der Waals surface area (Å²) >= 11 is 0. The Balaban J connectivity index is 1.41. The number of para-hydroxylation sites is 1. The van der Waals surface area contributed by atoms with Gasteiger partial charge in [0, 0.05) is 27.3 Å². The monoisotopic (exact) mass is 564 g/mol. The zero-order valence-corrected chi connectivity index (χ0v) is 24.5. The standard InChI is InChI=1S/C40H28N4/c1-40(2)34-28-18-10-9-13-25(28)21-22-30(34)31-23-24-32-29-19-11-12-20-33(29)44(36(32)35(31)40)39-42-37(26-14-5-3-6-15-26)41-38(43-39)27-16-7-4-8-17-27/h3-24H,1-2H3. The van der Waals surface area contributed by atoms with Crippen LogP contribution in [0, 0.1) is 0 Å². The molecule has 2 heterocycles. The van der Waals surface area contributed by atoms with Gasteiger partial charge in [-0.3, -0.25) is 4.57 Å². The molecule has 0 spiro atoms. The Morgan fingerprint density at radius 3 is 1.75 bits per heavy atom. The first-order chi connectivity index (χ1) is 21.6. The fraction of sp³-hybridized carbons (Fsp3) is 0.0750. The van der Waals surface area contributed by atoms with Crippen LogP contribution in [0.4, 0.5) is 0 Å². The van der Waals surface area contributed by atoms with Crippen molar-refractivity contribution in [2.75, 3.05) is 0 Å². The Hall–Kier alpha value is -5.61. The first-order valence-corrected chi connectivity index (χ1v) is 15.1. The number of benzene rings is 6. The summed E-state index contributed by atoms with van der Waals surface area (Å²) in [5, 5.41) is 4.96. The molecule has 0 saturated heterocycles. The summed E-state index contributed by atoms with van der Waals surface area (Å²) < 4.78 is 2.28. The van der Waals surface area contributed by atoms with Crippen LogP contribution < -0.4 is 0 Å². The maximum atomic E-state index is 5.18. The number of hydrogen-bond acceptors (Lipinski definition) is 3. The van der Waals surface area contributed by atoms with Gasteiger partial charge < -0.3 is 0 Å². The molecule has 1 aliphatic rings. The van der Waals surface area contributed by atoms with Gasteiger partial charge in [-0.2, -0.15) is 9.97 Å². The molecule has 44 heavy (non-hydrogen) atoms. The third kappa shape index (κ3) is 3.48. The van der Waals surface area contributed by atoms with Crippen molar-refractivity contribution in [1.29, 1.82) is 0 Å². The first-order valence-electron chi connectivity index (χ1n) is 15.1. The van der Waals surface area contributed by atoms with E-state index in [9.17, 15) is 0 Å². The number of nitrogens with zero attached hydrogens (tertiary/aromatic N) is 4. The summed E-state index contributed by atoms with van der Waals surface area (Å²) in [6.45, 7) is 4.73. The summed E-state index contributed by atoms with van der Waals surface area (Å²) in [4.78, 5) is 15.3. The van der Waals surface area contributed by atoms with Gasteiger partial charge in [-0.15, -0.1) is 0 Å². The molecule has 0 N–H and O–H groups in total. The molecular weight excluding hydrogens is 536 g/mol. The second kappa shape index (κ2) is 9.19. The summed E-state index contributed by atoms with van der Waals surface area (Å²) in [5.74, 6) is 1.93. The molecule has 6 aromatic carbocycles. The number of fused-ring (bicyclic) bond motifs is 9. The molecule has 208 valence electrons. The molecule has 9 rings (SSSR count). The van der Waals surface area contributed by atoms with E-state index in [1.807, 2.05) is 36.4 Å². The smallest absolute Gasteiger partial charge is 0.238 e. The van der Waals surface area contributed by atoms with E-state index < -0.39 is 0 Å². The Labute approximate surface area is 255 Å². The molecule has 0 amide bonds. The van der Waals surface area contributed by atoms with Crippen LogP contribution in [0.5, 0.6) is 0 Å². The highest BCUT2D eigenvalue weighted by Gasteiger charge is 2.40. The van der Waals surface area contributed by atoms with Crippen molar-refractivity contribution >= 4 is 32.6 Å². The molecule has 2 aromatic heterocycles. The van der Waals surface area contributed by atoms with E-state index in [-0.39, 0.29) is 5.41 Å². The number of rotatable bonds is 3. The lowest BCUT2D eigenvalue weighted by Gasteiger charge is -2.24. The number of hydrogen-bond donors (Lipinski definition) is 0. The van der Waals surface area contributed by atoms with Gasteiger partial charge in [-0.25, -0.2) is 4.98 Å². The fourth-order valence-electron chi connectivity index (χ4n) is 7.31. The minimum absolute atomic E-state index is 0.255. The lowest BCUT2D eigenvalue weighted by atomic mass is 9.79. The molecule has 0 bridgehead atoms. The van der Waals surface area contributed by atoms with E-state index >= 15 is 0 Å². The van der Waals surface area contributed by atoms with Crippen LogP contribution in [0.1, 0.15) is 25.0 Å². The van der Waals surface area contributed by atoms with Crippen LogP contribution in [0.25, 0.3) is 72.4 Å². The Kier molecular flexibility index (Phi) is 5.21. The maximum Gasteiger partial charge on any atom is 0.238 e. The molecule has 4 nitrogen and oxygen atoms in total. The average molecular weight is 565 g/mol. The van der Waals surface area contributed by atoms with Gasteiger partial charge in [-0.1, -0.05) is 141 Å². The molecule has 1 aliphatic carbocycles. The van der Waals surface area contributed by atoms with Crippen LogP contribution in [0.2, 0.25) is 0 Å². The Morgan fingerprint density at radius 2 is 1.05 bits per heavy atom. The summed E-state index contributed by atoms with van der Waals surface area (Å²) in [6.07, 6.45) is 0. The van der Waals surface area contributed by atoms with Gasteiger partial charge in [0.05, 0.1) is 11.0 Å². The van der Waals surface area contributed by atoms with Crippen LogP contribution in [-0.4, -0.2) is 19.5 Å². The normalized spacial score (nSPS) is 13.4. The highest BCUT2D eigenvalue weighted by atomic mass is 15.2. The predicted octanol–water partition coefficient (Wildman–Crippen LogP) is 9.76. The maximum absolute atomic E-state index is 5.18. The first kappa shape index (κ1) is 24.9. The van der Waals surface area contributed by atoms with Gasteiger partial charge in [-0.05, 0) is 39.1 Å². The molecule has 0 radical (unpaired) electrons. The largest absolute Gasteiger partial charge is 0.277 e. The molecule has 0 fully saturated rings. The van der Waals surface area contributed by atoms with Crippen molar-refractivity contribution in [2.24, 2.45) is 0 Å². The van der Waals surface area contributed by atoms with E-state index in [1.54, 1.807) is 0 Å². The lowest BCUT2D eigenvalue weighted by molar-refractivity contribution is 0.669. The van der Waals surface area contributed by atoms with Gasteiger partial charge >= 0.3 is 0 Å². The van der Waals surface area contributed by atoms with Crippen LogP contribution >= 0.6 is 0 Å². The molecule has 4 heteroatoms. The van der Waals surface area contributed by atoms with Crippen molar-refractivity contribution < 1.29 is 0 Å². The highest BCUT2D eigenvalue weighted by Crippen LogP contribution is 2.54. The van der Waals surface area contributed by atoms with Gasteiger partial charge in [0.15, 0.2) is 11.6 Å². The zero-order valence-electron chi connectivity index (χ0n) is 24.5. The second-order valence-electron chi connectivity index (χ2n) is 12.1. The summed E-state index contributed by atoms with van der Waals surface area (Å²) in [5.41, 5.74) is 9.14. The molecule has 8 aromatic rings. The quantitative estimate of drug-likeness (QED) is 0.215. The SMILES string of the molecule is CC1(C)c2c(ccc3ccccc23)-c2ccc3c4ccccc4n(-c4nc(-c5ccccc5)nc(-c5ccccc5)n4)c3c21. The average Bonchev–Trinajstić information content (AvgIpc) is 3.54. The van der Waals surface area contributed by atoms with Crippen LogP contribution in [-0.2, 0) is 5.41 Å². The van der Waals surface area contributed by atoms with Crippen LogP contribution in [0.3, 0.4) is 0 Å². The predicted molar refractivity (Wildman–Crippen MR) is 180 cm³/mol. The van der Waals surface area contributed by atoms with E-state index in [2.05, 4.69) is 115 Å². The zero-order chi connectivity index (χ0) is 29.4.